The van der Waals surface area contributed by atoms with Crippen LogP contribution in [0.2, 0.25) is 0 Å². The second-order valence-corrected chi connectivity index (χ2v) is 3.17. The van der Waals surface area contributed by atoms with Gasteiger partial charge < -0.3 is 4.74 Å². The number of ether oxygens (including phenoxy) is 1. The summed E-state index contributed by atoms with van der Waals surface area (Å²) in [5.74, 6) is 0. The summed E-state index contributed by atoms with van der Waals surface area (Å²) in [7, 11) is 0. The van der Waals surface area contributed by atoms with Crippen molar-refractivity contribution in [1.29, 1.82) is 0 Å². The molecule has 1 saturated heterocycles. The van der Waals surface area contributed by atoms with E-state index in [2.05, 4.69) is 6.08 Å². The number of allylic oxidation sites excluding steroid dienone is 1. The van der Waals surface area contributed by atoms with Crippen molar-refractivity contribution in [2.24, 2.45) is 0 Å². The third kappa shape index (κ3) is 1.10. The Bertz CT molecular complexity index is 149. The smallest absolute Gasteiger partial charge is 0.0785 e. The molecule has 0 aromatic heterocycles. The van der Waals surface area contributed by atoms with Gasteiger partial charge in [-0.25, -0.2) is 0 Å². The zero-order valence-electron chi connectivity index (χ0n) is 6.31. The summed E-state index contributed by atoms with van der Waals surface area (Å²) in [6.07, 6.45) is 9.32. The van der Waals surface area contributed by atoms with E-state index in [1.54, 1.807) is 5.57 Å². The summed E-state index contributed by atoms with van der Waals surface area (Å²) in [6, 6.07) is 0. The highest BCUT2D eigenvalue weighted by molar-refractivity contribution is 5.12. The molecule has 0 amide bonds. The molecule has 0 bridgehead atoms. The Morgan fingerprint density at radius 2 is 2.40 bits per heavy atom. The molecule has 0 aromatic rings. The molecule has 2 aliphatic rings. The minimum absolute atomic E-state index is 0.516. The molecule has 10 heavy (non-hydrogen) atoms. The summed E-state index contributed by atoms with van der Waals surface area (Å²) >= 11 is 0. The molecule has 1 heterocycles. The summed E-state index contributed by atoms with van der Waals surface area (Å²) in [4.78, 5) is 0. The van der Waals surface area contributed by atoms with E-state index >= 15 is 0 Å². The summed E-state index contributed by atoms with van der Waals surface area (Å²) in [6.45, 7) is 0.988. The van der Waals surface area contributed by atoms with E-state index in [4.69, 9.17) is 4.74 Å². The van der Waals surface area contributed by atoms with Crippen molar-refractivity contribution >= 4 is 0 Å². The van der Waals surface area contributed by atoms with Gasteiger partial charge >= 0.3 is 0 Å². The molecule has 1 nitrogen and oxygen atoms in total. The molecular formula is C9H14O. The number of fused-ring (bicyclic) bond motifs is 1. The van der Waals surface area contributed by atoms with Crippen LogP contribution in [0.5, 0.6) is 0 Å². The lowest BCUT2D eigenvalue weighted by Gasteiger charge is -2.28. The SMILES string of the molecule is C1=C2CCCOC2CCC1. The highest BCUT2D eigenvalue weighted by atomic mass is 16.5. The first-order valence-corrected chi connectivity index (χ1v) is 4.27. The van der Waals surface area contributed by atoms with Crippen LogP contribution >= 0.6 is 0 Å². The lowest BCUT2D eigenvalue weighted by Crippen LogP contribution is -2.23. The van der Waals surface area contributed by atoms with Gasteiger partial charge in [-0.1, -0.05) is 6.08 Å². The molecule has 1 fully saturated rings. The van der Waals surface area contributed by atoms with Gasteiger partial charge in [0, 0.05) is 6.61 Å². The van der Waals surface area contributed by atoms with Crippen LogP contribution in [-0.2, 0) is 4.74 Å². The van der Waals surface area contributed by atoms with Gasteiger partial charge in [-0.3, -0.25) is 0 Å². The van der Waals surface area contributed by atoms with Crippen molar-refractivity contribution in [3.63, 3.8) is 0 Å². The van der Waals surface area contributed by atoms with E-state index in [1.165, 1.54) is 32.1 Å². The van der Waals surface area contributed by atoms with Gasteiger partial charge in [0.1, 0.15) is 0 Å². The lowest BCUT2D eigenvalue weighted by atomic mass is 9.91. The van der Waals surface area contributed by atoms with E-state index in [9.17, 15) is 0 Å². The van der Waals surface area contributed by atoms with Gasteiger partial charge in [-0.15, -0.1) is 0 Å². The third-order valence-corrected chi connectivity index (χ3v) is 2.42. The minimum atomic E-state index is 0.516. The van der Waals surface area contributed by atoms with Crippen molar-refractivity contribution in [3.8, 4) is 0 Å². The number of hydrogen-bond donors (Lipinski definition) is 0. The topological polar surface area (TPSA) is 9.23 Å². The second kappa shape index (κ2) is 2.75. The van der Waals surface area contributed by atoms with Gasteiger partial charge in [0.15, 0.2) is 0 Å². The second-order valence-electron chi connectivity index (χ2n) is 3.17. The maximum atomic E-state index is 5.61. The average molecular weight is 138 g/mol. The van der Waals surface area contributed by atoms with Gasteiger partial charge in [-0.05, 0) is 37.7 Å². The van der Waals surface area contributed by atoms with Crippen LogP contribution in [-0.4, -0.2) is 12.7 Å². The fourth-order valence-electron chi connectivity index (χ4n) is 1.86. The largest absolute Gasteiger partial charge is 0.374 e. The van der Waals surface area contributed by atoms with Gasteiger partial charge in [0.05, 0.1) is 6.10 Å². The van der Waals surface area contributed by atoms with E-state index < -0.39 is 0 Å². The molecule has 0 saturated carbocycles. The van der Waals surface area contributed by atoms with Crippen molar-refractivity contribution < 1.29 is 4.74 Å². The van der Waals surface area contributed by atoms with Gasteiger partial charge in [0.2, 0.25) is 0 Å². The Labute approximate surface area is 62.1 Å². The molecule has 0 aromatic carbocycles. The summed E-state index contributed by atoms with van der Waals surface area (Å²) < 4.78 is 5.61. The number of hydrogen-bond acceptors (Lipinski definition) is 1. The Hall–Kier alpha value is -0.300. The Balaban J connectivity index is 2.08. The monoisotopic (exact) mass is 138 g/mol. The van der Waals surface area contributed by atoms with Crippen LogP contribution in [0.4, 0.5) is 0 Å². The van der Waals surface area contributed by atoms with E-state index in [0.29, 0.717) is 6.10 Å². The fourth-order valence-corrected chi connectivity index (χ4v) is 1.86. The van der Waals surface area contributed by atoms with Crippen molar-refractivity contribution in [1.82, 2.24) is 0 Å². The third-order valence-electron chi connectivity index (χ3n) is 2.42. The molecule has 1 heteroatoms. The fraction of sp³-hybridized carbons (Fsp3) is 0.778. The van der Waals surface area contributed by atoms with Crippen molar-refractivity contribution in [2.45, 2.75) is 38.2 Å². The zero-order valence-corrected chi connectivity index (χ0v) is 6.31. The van der Waals surface area contributed by atoms with E-state index in [1.807, 2.05) is 0 Å². The number of rotatable bonds is 0. The lowest BCUT2D eigenvalue weighted by molar-refractivity contribution is 0.0428. The van der Waals surface area contributed by atoms with Crippen LogP contribution < -0.4 is 0 Å². The summed E-state index contributed by atoms with van der Waals surface area (Å²) in [5.41, 5.74) is 1.58. The first kappa shape index (κ1) is 6.41. The Morgan fingerprint density at radius 3 is 3.30 bits per heavy atom. The molecule has 0 spiro atoms. The molecule has 0 N–H and O–H groups in total. The molecule has 1 atom stereocenters. The average Bonchev–Trinajstić information content (AvgIpc) is 2.05. The maximum absolute atomic E-state index is 5.61. The Kier molecular flexibility index (Phi) is 1.76. The van der Waals surface area contributed by atoms with Crippen molar-refractivity contribution in [3.05, 3.63) is 11.6 Å². The van der Waals surface area contributed by atoms with Crippen LogP contribution in [0.1, 0.15) is 32.1 Å². The normalized spacial score (nSPS) is 32.8. The van der Waals surface area contributed by atoms with Crippen LogP contribution in [0.15, 0.2) is 11.6 Å². The summed E-state index contributed by atoms with van der Waals surface area (Å²) in [5, 5.41) is 0. The van der Waals surface area contributed by atoms with E-state index in [-0.39, 0.29) is 0 Å². The van der Waals surface area contributed by atoms with Crippen LogP contribution in [0.3, 0.4) is 0 Å². The first-order valence-electron chi connectivity index (χ1n) is 4.27. The van der Waals surface area contributed by atoms with Gasteiger partial charge in [0.25, 0.3) is 0 Å². The quantitative estimate of drug-likeness (QED) is 0.466. The van der Waals surface area contributed by atoms with Crippen LogP contribution in [0.25, 0.3) is 0 Å². The molecular weight excluding hydrogens is 124 g/mol. The molecule has 1 aliphatic carbocycles. The first-order chi connectivity index (χ1) is 4.97. The molecule has 56 valence electrons. The minimum Gasteiger partial charge on any atom is -0.374 e. The molecule has 2 rings (SSSR count). The predicted molar refractivity (Wildman–Crippen MR) is 40.9 cm³/mol. The molecule has 1 aliphatic heterocycles. The van der Waals surface area contributed by atoms with E-state index in [0.717, 1.165) is 6.61 Å². The molecule has 1 unspecified atom stereocenters. The maximum Gasteiger partial charge on any atom is 0.0785 e. The Morgan fingerprint density at radius 1 is 1.40 bits per heavy atom. The highest BCUT2D eigenvalue weighted by Gasteiger charge is 2.20. The molecule has 0 radical (unpaired) electrons. The van der Waals surface area contributed by atoms with Crippen LogP contribution in [0, 0.1) is 0 Å². The zero-order chi connectivity index (χ0) is 6.81. The predicted octanol–water partition coefficient (Wildman–Crippen LogP) is 2.28. The van der Waals surface area contributed by atoms with Crippen molar-refractivity contribution in [2.75, 3.05) is 6.61 Å². The van der Waals surface area contributed by atoms with Gasteiger partial charge in [-0.2, -0.15) is 0 Å². The standard InChI is InChI=1S/C9H14O/c1-2-6-9-8(4-1)5-3-7-10-9/h4,9H,1-3,5-7H2. The highest BCUT2D eigenvalue weighted by Crippen LogP contribution is 2.28.